The van der Waals surface area contributed by atoms with E-state index in [-0.39, 0.29) is 18.0 Å². The van der Waals surface area contributed by atoms with Crippen molar-refractivity contribution in [2.75, 3.05) is 7.11 Å². The van der Waals surface area contributed by atoms with Gasteiger partial charge in [0.05, 0.1) is 35.9 Å². The summed E-state index contributed by atoms with van der Waals surface area (Å²) in [5, 5.41) is 15.9. The summed E-state index contributed by atoms with van der Waals surface area (Å²) in [7, 11) is 1.67. The quantitative estimate of drug-likeness (QED) is 0.301. The van der Waals surface area contributed by atoms with Gasteiger partial charge in [0.15, 0.2) is 0 Å². The van der Waals surface area contributed by atoms with Crippen molar-refractivity contribution >= 4 is 49.5 Å². The Kier molecular flexibility index (Phi) is 4.12. The number of nitrogens with zero attached hydrogens (tertiary/aromatic N) is 3. The summed E-state index contributed by atoms with van der Waals surface area (Å²) >= 11 is 0. The van der Waals surface area contributed by atoms with Crippen molar-refractivity contribution in [1.82, 2.24) is 14.0 Å². The van der Waals surface area contributed by atoms with Crippen LogP contribution in [0.1, 0.15) is 46.4 Å². The number of fused-ring (bicyclic) bond motifs is 13. The molecule has 1 N–H and O–H groups in total. The van der Waals surface area contributed by atoms with Crippen LogP contribution in [0.2, 0.25) is 0 Å². The lowest BCUT2D eigenvalue weighted by Gasteiger charge is -2.20. The molecule has 1 unspecified atom stereocenters. The van der Waals surface area contributed by atoms with Crippen molar-refractivity contribution in [3.8, 4) is 5.75 Å². The minimum absolute atomic E-state index is 0.0184. The van der Waals surface area contributed by atoms with Gasteiger partial charge in [0.25, 0.3) is 5.91 Å². The number of para-hydroxylation sites is 2. The number of carbonyl (C=O) groups excluding carboxylic acids is 1. The highest BCUT2D eigenvalue weighted by atomic mass is 16.5. The maximum absolute atomic E-state index is 14.3. The molecule has 6 nitrogen and oxygen atoms in total. The smallest absolute Gasteiger partial charge is 0.255 e. The van der Waals surface area contributed by atoms with E-state index in [1.165, 1.54) is 16.3 Å². The fourth-order valence-corrected chi connectivity index (χ4v) is 7.90. The number of carbonyl (C=O) groups is 1. The Morgan fingerprint density at radius 3 is 2.26 bits per heavy atom. The van der Waals surface area contributed by atoms with Crippen molar-refractivity contribution in [3.63, 3.8) is 0 Å². The Balaban J connectivity index is 1.40. The van der Waals surface area contributed by atoms with E-state index in [9.17, 15) is 9.90 Å². The van der Waals surface area contributed by atoms with Crippen molar-refractivity contribution in [1.29, 1.82) is 0 Å². The number of methoxy groups -OCH3 is 1. The topological polar surface area (TPSA) is 59.6 Å². The van der Waals surface area contributed by atoms with E-state index in [2.05, 4.69) is 57.7 Å². The predicted molar refractivity (Wildman–Crippen MR) is 152 cm³/mol. The molecule has 2 aromatic heterocycles. The molecule has 4 aromatic carbocycles. The number of ether oxygens (including phenoxy) is 1. The molecule has 4 heterocycles. The third kappa shape index (κ3) is 2.62. The monoisotopic (exact) mass is 513 g/mol. The highest BCUT2D eigenvalue weighted by Gasteiger charge is 2.44. The first kappa shape index (κ1) is 21.6. The van der Waals surface area contributed by atoms with Gasteiger partial charge in [-0.05, 0) is 48.2 Å². The number of aliphatic hydroxyl groups is 1. The molecular formula is C33H27N3O3. The number of benzene rings is 4. The maximum atomic E-state index is 14.3. The molecular weight excluding hydrogens is 486 g/mol. The first-order valence-corrected chi connectivity index (χ1v) is 13.7. The van der Waals surface area contributed by atoms with Gasteiger partial charge < -0.3 is 23.9 Å². The van der Waals surface area contributed by atoms with E-state index in [1.807, 2.05) is 29.2 Å². The number of hydrogen-bond donors (Lipinski definition) is 1. The predicted octanol–water partition coefficient (Wildman–Crippen LogP) is 6.32. The molecule has 3 atom stereocenters. The number of aromatic nitrogens is 2. The summed E-state index contributed by atoms with van der Waals surface area (Å²) in [6.45, 7) is 1.11. The van der Waals surface area contributed by atoms with Crippen LogP contribution in [0.25, 0.3) is 43.6 Å². The second-order valence-electron chi connectivity index (χ2n) is 11.3. The molecule has 6 heteroatoms. The number of amides is 1. The van der Waals surface area contributed by atoms with E-state index >= 15 is 0 Å². The van der Waals surface area contributed by atoms with Gasteiger partial charge >= 0.3 is 0 Å². The van der Waals surface area contributed by atoms with Crippen LogP contribution in [0.5, 0.6) is 5.75 Å². The van der Waals surface area contributed by atoms with E-state index in [0.29, 0.717) is 13.1 Å². The van der Waals surface area contributed by atoms with Crippen LogP contribution in [0.4, 0.5) is 0 Å². The van der Waals surface area contributed by atoms with Crippen LogP contribution in [-0.2, 0) is 13.1 Å². The molecule has 0 saturated heterocycles. The lowest BCUT2D eigenvalue weighted by Crippen LogP contribution is -2.23. The third-order valence-electron chi connectivity index (χ3n) is 9.45. The summed E-state index contributed by atoms with van der Waals surface area (Å²) < 4.78 is 10.2. The van der Waals surface area contributed by atoms with Gasteiger partial charge in [-0.3, -0.25) is 4.79 Å². The average molecular weight is 514 g/mol. The van der Waals surface area contributed by atoms with Crippen LogP contribution in [0, 0.1) is 0 Å². The fourth-order valence-electron chi connectivity index (χ4n) is 7.90. The summed E-state index contributed by atoms with van der Waals surface area (Å²) in [5.41, 5.74) is 7.67. The van der Waals surface area contributed by atoms with Crippen LogP contribution in [-0.4, -0.2) is 38.3 Å². The highest BCUT2D eigenvalue weighted by Crippen LogP contribution is 2.54. The summed E-state index contributed by atoms with van der Waals surface area (Å²) in [4.78, 5) is 16.3. The minimum Gasteiger partial charge on any atom is -0.497 e. The van der Waals surface area contributed by atoms with E-state index in [1.54, 1.807) is 7.11 Å². The SMILES string of the molecule is COc1ccc(CN2Cc3c(c4c5ccccc5n5c4c4c3c3ccccc3n4C3C[C@H]5C[C@H]3O)C2=O)cc1. The molecule has 1 aliphatic carbocycles. The van der Waals surface area contributed by atoms with Crippen molar-refractivity contribution in [2.45, 2.75) is 44.1 Å². The minimum atomic E-state index is -0.403. The first-order chi connectivity index (χ1) is 19.1. The zero-order valence-corrected chi connectivity index (χ0v) is 21.6. The van der Waals surface area contributed by atoms with E-state index in [4.69, 9.17) is 4.74 Å². The summed E-state index contributed by atoms with van der Waals surface area (Å²) in [5.74, 6) is 0.905. The Hall–Kier alpha value is -4.29. The molecule has 2 aliphatic heterocycles. The fraction of sp³-hybridized carbons (Fsp3) is 0.242. The van der Waals surface area contributed by atoms with Crippen LogP contribution in [0.3, 0.4) is 0 Å². The maximum Gasteiger partial charge on any atom is 0.255 e. The standard InChI is InChI=1S/C33H27N3O3/c1-39-20-12-10-18(11-13-20)16-34-17-23-28-21-6-2-5-9-25(21)36-26-14-19(15-27(26)37)35-24-8-4-3-7-22(24)29(30(23)33(34)38)32(35)31(28)36/h2-13,19,26-27,37H,14-17H2,1H3/t19-,26?,27+/m0/s1. The molecule has 192 valence electrons. The Morgan fingerprint density at radius 1 is 0.846 bits per heavy atom. The van der Waals surface area contributed by atoms with Crippen molar-refractivity contribution in [2.24, 2.45) is 0 Å². The number of aliphatic hydroxyl groups excluding tert-OH is 1. The molecule has 1 amide bonds. The van der Waals surface area contributed by atoms with Crippen molar-refractivity contribution in [3.05, 3.63) is 89.5 Å². The third-order valence-corrected chi connectivity index (χ3v) is 9.45. The van der Waals surface area contributed by atoms with Gasteiger partial charge in [-0.2, -0.15) is 0 Å². The van der Waals surface area contributed by atoms with Gasteiger partial charge in [-0.1, -0.05) is 48.5 Å². The van der Waals surface area contributed by atoms with E-state index in [0.717, 1.165) is 62.6 Å². The van der Waals surface area contributed by atoms with Crippen LogP contribution < -0.4 is 4.74 Å². The molecule has 0 radical (unpaired) electrons. The van der Waals surface area contributed by atoms with E-state index < -0.39 is 6.10 Å². The molecule has 2 bridgehead atoms. The Morgan fingerprint density at radius 2 is 1.51 bits per heavy atom. The second kappa shape index (κ2) is 7.42. The molecule has 3 aliphatic rings. The zero-order chi connectivity index (χ0) is 26.0. The van der Waals surface area contributed by atoms with Gasteiger partial charge in [0, 0.05) is 51.7 Å². The summed E-state index contributed by atoms with van der Waals surface area (Å²) in [6.07, 6.45) is 1.21. The van der Waals surface area contributed by atoms with Gasteiger partial charge in [0.1, 0.15) is 5.75 Å². The lowest BCUT2D eigenvalue weighted by atomic mass is 9.97. The zero-order valence-electron chi connectivity index (χ0n) is 21.6. The molecule has 1 fully saturated rings. The second-order valence-corrected chi connectivity index (χ2v) is 11.3. The normalized spacial score (nSPS) is 21.6. The van der Waals surface area contributed by atoms with Crippen molar-refractivity contribution < 1.29 is 14.6 Å². The molecule has 9 rings (SSSR count). The number of hydrogen-bond acceptors (Lipinski definition) is 3. The number of rotatable bonds is 3. The summed E-state index contributed by atoms with van der Waals surface area (Å²) in [6, 6.07) is 25.2. The largest absolute Gasteiger partial charge is 0.497 e. The van der Waals surface area contributed by atoms with Gasteiger partial charge in [0.2, 0.25) is 0 Å². The average Bonchev–Trinajstić information content (AvgIpc) is 3.66. The van der Waals surface area contributed by atoms with Gasteiger partial charge in [-0.25, -0.2) is 0 Å². The lowest BCUT2D eigenvalue weighted by molar-refractivity contribution is 0.0768. The van der Waals surface area contributed by atoms with Crippen LogP contribution in [0.15, 0.2) is 72.8 Å². The van der Waals surface area contributed by atoms with Gasteiger partial charge in [-0.15, -0.1) is 0 Å². The molecule has 1 saturated carbocycles. The first-order valence-electron chi connectivity index (χ1n) is 13.7. The molecule has 6 aromatic rings. The van der Waals surface area contributed by atoms with Crippen LogP contribution >= 0.6 is 0 Å². The molecule has 39 heavy (non-hydrogen) atoms. The Labute approximate surface area is 224 Å². The highest BCUT2D eigenvalue weighted by molar-refractivity contribution is 6.31. The molecule has 0 spiro atoms. The Bertz CT molecular complexity index is 2020.